The topological polar surface area (TPSA) is 59.1 Å². The van der Waals surface area contributed by atoms with E-state index in [1.54, 1.807) is 47.4 Å². The molecule has 0 N–H and O–H groups in total. The standard InChI is InChI=1S/C39H40F2N2O4/c40-32-12-8-30(9-13-32)35-7-4-21-43(37-25-33(41)14-17-36(35)37)38(44)26-42-22-18-28(19-23-42)20-24-46-39(45)31-10-15-34(16-11-31)47-27-29-5-2-1-3-6-29/h1-3,5-6,8-17,25,28,35H,4,7,18-24,26-27H2. The maximum absolute atomic E-state index is 14.5. The van der Waals surface area contributed by atoms with Crippen molar-refractivity contribution >= 4 is 17.6 Å². The summed E-state index contributed by atoms with van der Waals surface area (Å²) in [5, 5.41) is 0. The average molecular weight is 639 g/mol. The molecule has 244 valence electrons. The third kappa shape index (κ3) is 8.43. The molecule has 0 aromatic heterocycles. The van der Waals surface area contributed by atoms with Crippen LogP contribution in [-0.2, 0) is 16.1 Å². The van der Waals surface area contributed by atoms with E-state index in [-0.39, 0.29) is 36.0 Å². The number of hydrogen-bond donors (Lipinski definition) is 0. The Labute approximate surface area is 274 Å². The fraction of sp³-hybridized carbons (Fsp3) is 0.333. The van der Waals surface area contributed by atoms with Crippen molar-refractivity contribution < 1.29 is 27.8 Å². The van der Waals surface area contributed by atoms with E-state index in [1.807, 2.05) is 30.3 Å². The molecule has 1 unspecified atom stereocenters. The zero-order valence-corrected chi connectivity index (χ0v) is 26.5. The lowest BCUT2D eigenvalue weighted by Gasteiger charge is -2.33. The molecule has 1 fully saturated rings. The number of nitrogens with zero attached hydrogens (tertiary/aromatic N) is 2. The highest BCUT2D eigenvalue weighted by molar-refractivity contribution is 5.96. The van der Waals surface area contributed by atoms with Gasteiger partial charge < -0.3 is 14.4 Å². The number of halogens is 2. The third-order valence-electron chi connectivity index (χ3n) is 9.27. The minimum atomic E-state index is -0.382. The van der Waals surface area contributed by atoms with E-state index >= 15 is 0 Å². The number of likely N-dealkylation sites (tertiary alicyclic amines) is 1. The van der Waals surface area contributed by atoms with E-state index in [2.05, 4.69) is 4.90 Å². The lowest BCUT2D eigenvalue weighted by Crippen LogP contribution is -2.44. The monoisotopic (exact) mass is 638 g/mol. The number of hydrogen-bond acceptors (Lipinski definition) is 5. The van der Waals surface area contributed by atoms with Crippen LogP contribution >= 0.6 is 0 Å². The molecular weight excluding hydrogens is 598 g/mol. The molecule has 0 radical (unpaired) electrons. The highest BCUT2D eigenvalue weighted by Gasteiger charge is 2.30. The summed E-state index contributed by atoms with van der Waals surface area (Å²) >= 11 is 0. The van der Waals surface area contributed by atoms with Gasteiger partial charge in [-0.3, -0.25) is 9.69 Å². The van der Waals surface area contributed by atoms with Crippen molar-refractivity contribution in [3.8, 4) is 5.75 Å². The number of anilines is 1. The Hall–Kier alpha value is -4.56. The molecule has 4 aromatic carbocycles. The third-order valence-corrected chi connectivity index (χ3v) is 9.27. The van der Waals surface area contributed by atoms with Gasteiger partial charge in [0.25, 0.3) is 0 Å². The van der Waals surface area contributed by atoms with Crippen LogP contribution in [0, 0.1) is 17.6 Å². The SMILES string of the molecule is O=C(OCCC1CCN(CC(=O)N2CCCC(c3ccc(F)cc3)c3ccc(F)cc32)CC1)c1ccc(OCc2ccccc2)cc1. The second-order valence-corrected chi connectivity index (χ2v) is 12.4. The van der Waals surface area contributed by atoms with E-state index < -0.39 is 0 Å². The molecule has 1 amide bonds. The molecule has 0 bridgehead atoms. The summed E-state index contributed by atoms with van der Waals surface area (Å²) in [4.78, 5) is 30.1. The van der Waals surface area contributed by atoms with Gasteiger partial charge in [-0.1, -0.05) is 48.5 Å². The van der Waals surface area contributed by atoms with Crippen molar-refractivity contribution in [3.63, 3.8) is 0 Å². The number of carbonyl (C=O) groups is 2. The second-order valence-electron chi connectivity index (χ2n) is 12.4. The van der Waals surface area contributed by atoms with E-state index in [4.69, 9.17) is 9.47 Å². The number of ether oxygens (including phenoxy) is 2. The van der Waals surface area contributed by atoms with Crippen molar-refractivity contribution in [3.05, 3.63) is 131 Å². The molecule has 2 aliphatic rings. The Morgan fingerprint density at radius 1 is 0.787 bits per heavy atom. The lowest BCUT2D eigenvalue weighted by atomic mass is 9.87. The number of rotatable bonds is 10. The quantitative estimate of drug-likeness (QED) is 0.166. The Bertz CT molecular complexity index is 1640. The van der Waals surface area contributed by atoms with Crippen molar-refractivity contribution in [1.82, 2.24) is 4.90 Å². The zero-order valence-electron chi connectivity index (χ0n) is 26.5. The molecule has 0 spiro atoms. The van der Waals surface area contributed by atoms with Crippen molar-refractivity contribution in [2.24, 2.45) is 5.92 Å². The van der Waals surface area contributed by atoms with Crippen LogP contribution in [0.4, 0.5) is 14.5 Å². The van der Waals surface area contributed by atoms with Crippen LogP contribution in [0.15, 0.2) is 97.1 Å². The molecule has 2 aliphatic heterocycles. The van der Waals surface area contributed by atoms with Crippen molar-refractivity contribution in [1.29, 1.82) is 0 Å². The Morgan fingerprint density at radius 2 is 1.51 bits per heavy atom. The second kappa shape index (κ2) is 15.4. The fourth-order valence-corrected chi connectivity index (χ4v) is 6.61. The fourth-order valence-electron chi connectivity index (χ4n) is 6.61. The molecule has 8 heteroatoms. The minimum absolute atomic E-state index is 0.0350. The van der Waals surface area contributed by atoms with Gasteiger partial charge in [-0.05, 0) is 116 Å². The molecule has 4 aromatic rings. The number of amides is 1. The first-order valence-corrected chi connectivity index (χ1v) is 16.4. The normalized spacial score (nSPS) is 17.1. The number of esters is 1. The van der Waals surface area contributed by atoms with Crippen molar-refractivity contribution in [2.45, 2.75) is 44.6 Å². The first-order valence-electron chi connectivity index (χ1n) is 16.4. The maximum atomic E-state index is 14.5. The van der Waals surface area contributed by atoms with Gasteiger partial charge in [0.2, 0.25) is 5.91 Å². The zero-order chi connectivity index (χ0) is 32.6. The van der Waals surface area contributed by atoms with Gasteiger partial charge in [0.05, 0.1) is 24.4 Å². The summed E-state index contributed by atoms with van der Waals surface area (Å²) in [7, 11) is 0. The minimum Gasteiger partial charge on any atom is -0.489 e. The van der Waals surface area contributed by atoms with Crippen molar-refractivity contribution in [2.75, 3.05) is 37.7 Å². The molecule has 6 nitrogen and oxygen atoms in total. The summed E-state index contributed by atoms with van der Waals surface area (Å²) in [6.07, 6.45) is 4.15. The van der Waals surface area contributed by atoms with Gasteiger partial charge in [0.15, 0.2) is 0 Å². The van der Waals surface area contributed by atoms with Crippen LogP contribution in [0.1, 0.15) is 65.1 Å². The van der Waals surface area contributed by atoms with Crippen LogP contribution in [0.5, 0.6) is 5.75 Å². The molecule has 6 rings (SSSR count). The van der Waals surface area contributed by atoms with Gasteiger partial charge in [0, 0.05) is 12.5 Å². The van der Waals surface area contributed by atoms with Gasteiger partial charge in [0.1, 0.15) is 24.0 Å². The van der Waals surface area contributed by atoms with Crippen LogP contribution in [0.3, 0.4) is 0 Å². The Kier molecular flexibility index (Phi) is 10.6. The van der Waals surface area contributed by atoms with Gasteiger partial charge in [-0.25, -0.2) is 13.6 Å². The first-order chi connectivity index (χ1) is 22.9. The van der Waals surface area contributed by atoms with Crippen LogP contribution in [0.25, 0.3) is 0 Å². The van der Waals surface area contributed by atoms with Crippen LogP contribution in [-0.4, -0.2) is 49.6 Å². The summed E-state index contributed by atoms with van der Waals surface area (Å²) in [6.45, 7) is 3.14. The van der Waals surface area contributed by atoms with E-state index in [1.165, 1.54) is 24.3 Å². The Morgan fingerprint density at radius 3 is 2.26 bits per heavy atom. The number of piperidine rings is 1. The largest absolute Gasteiger partial charge is 0.489 e. The number of fused-ring (bicyclic) bond motifs is 1. The molecule has 47 heavy (non-hydrogen) atoms. The summed E-state index contributed by atoms with van der Waals surface area (Å²) in [5.41, 5.74) is 4.02. The van der Waals surface area contributed by atoms with E-state index in [9.17, 15) is 18.4 Å². The maximum Gasteiger partial charge on any atom is 0.338 e. The average Bonchev–Trinajstić information content (AvgIpc) is 3.28. The molecule has 0 saturated carbocycles. The smallest absolute Gasteiger partial charge is 0.338 e. The van der Waals surface area contributed by atoms with Gasteiger partial charge in [-0.2, -0.15) is 0 Å². The predicted molar refractivity (Wildman–Crippen MR) is 178 cm³/mol. The lowest BCUT2D eigenvalue weighted by molar-refractivity contribution is -0.120. The van der Waals surface area contributed by atoms with Crippen LogP contribution < -0.4 is 9.64 Å². The predicted octanol–water partition coefficient (Wildman–Crippen LogP) is 7.76. The summed E-state index contributed by atoms with van der Waals surface area (Å²) in [5.74, 6) is -0.00138. The van der Waals surface area contributed by atoms with E-state index in [0.29, 0.717) is 42.7 Å². The summed E-state index contributed by atoms with van der Waals surface area (Å²) in [6, 6.07) is 28.0. The highest BCUT2D eigenvalue weighted by Crippen LogP contribution is 2.39. The molecular formula is C39H40F2N2O4. The molecule has 2 heterocycles. The molecule has 1 atom stereocenters. The summed E-state index contributed by atoms with van der Waals surface area (Å²) < 4.78 is 39.4. The Balaban J connectivity index is 0.956. The highest BCUT2D eigenvalue weighted by atomic mass is 19.1. The van der Waals surface area contributed by atoms with Crippen LogP contribution in [0.2, 0.25) is 0 Å². The van der Waals surface area contributed by atoms with E-state index in [0.717, 1.165) is 61.9 Å². The van der Waals surface area contributed by atoms with Gasteiger partial charge >= 0.3 is 5.97 Å². The molecule has 0 aliphatic carbocycles. The number of carbonyl (C=O) groups excluding carboxylic acids is 2. The van der Waals surface area contributed by atoms with Gasteiger partial charge in [-0.15, -0.1) is 0 Å². The molecule has 1 saturated heterocycles. The first kappa shape index (κ1) is 32.4. The number of benzene rings is 4.